The summed E-state index contributed by atoms with van der Waals surface area (Å²) in [5.74, 6) is 0.150. The number of carbonyl (C=O) groups excluding carboxylic acids is 1. The van der Waals surface area contributed by atoms with Crippen LogP contribution in [0, 0.1) is 0 Å². The number of phenolic OH excluding ortho intramolecular Hbond substituents is 2. The second-order valence-electron chi connectivity index (χ2n) is 5.71. The van der Waals surface area contributed by atoms with Crippen LogP contribution in [0.4, 0.5) is 0 Å². The van der Waals surface area contributed by atoms with Gasteiger partial charge in [0.05, 0.1) is 11.6 Å². The number of amides is 1. The van der Waals surface area contributed by atoms with Gasteiger partial charge in [-0.05, 0) is 45.2 Å². The summed E-state index contributed by atoms with van der Waals surface area (Å²) in [6.45, 7) is 5.29. The van der Waals surface area contributed by atoms with Gasteiger partial charge >= 0.3 is 0 Å². The zero-order valence-electron chi connectivity index (χ0n) is 12.7. The Kier molecular flexibility index (Phi) is 5.07. The Morgan fingerprint density at radius 1 is 1.14 bits per heavy atom. The fourth-order valence-corrected chi connectivity index (χ4v) is 2.90. The molecule has 0 aromatic heterocycles. The highest BCUT2D eigenvalue weighted by molar-refractivity contribution is 5.81. The van der Waals surface area contributed by atoms with Crippen LogP contribution in [0.2, 0.25) is 0 Å². The van der Waals surface area contributed by atoms with Crippen molar-refractivity contribution in [2.24, 2.45) is 0 Å². The molecule has 1 aromatic rings. The van der Waals surface area contributed by atoms with E-state index in [1.807, 2.05) is 18.7 Å². The molecule has 21 heavy (non-hydrogen) atoms. The van der Waals surface area contributed by atoms with E-state index in [1.165, 1.54) is 18.6 Å². The molecule has 0 bridgehead atoms. The molecule has 1 aliphatic rings. The highest BCUT2D eigenvalue weighted by Crippen LogP contribution is 2.32. The molecule has 0 saturated carbocycles. The number of nitrogens with one attached hydrogen (secondary N) is 1. The van der Waals surface area contributed by atoms with Crippen molar-refractivity contribution in [3.63, 3.8) is 0 Å². The zero-order chi connectivity index (χ0) is 15.4. The quantitative estimate of drug-likeness (QED) is 0.795. The monoisotopic (exact) mass is 292 g/mol. The molecule has 116 valence electrons. The van der Waals surface area contributed by atoms with Crippen LogP contribution in [0.1, 0.15) is 44.7 Å². The second-order valence-corrected chi connectivity index (χ2v) is 5.71. The number of benzene rings is 1. The summed E-state index contributed by atoms with van der Waals surface area (Å²) in [7, 11) is 0. The standard InChI is InChI=1S/C16H24N2O3/c1-11(15-13(19)7-6-8-14(15)20)17-12(2)16(21)18-9-4-3-5-10-18/h6-8,11-12,17,19-20H,3-5,9-10H2,1-2H3. The van der Waals surface area contributed by atoms with Gasteiger partial charge in [0.25, 0.3) is 0 Å². The molecule has 2 rings (SSSR count). The van der Waals surface area contributed by atoms with E-state index in [0.717, 1.165) is 25.9 Å². The predicted octanol–water partition coefficient (Wildman–Crippen LogP) is 2.15. The Morgan fingerprint density at radius 3 is 2.29 bits per heavy atom. The number of nitrogens with zero attached hydrogens (tertiary/aromatic N) is 1. The first-order valence-corrected chi connectivity index (χ1v) is 7.56. The number of hydrogen-bond donors (Lipinski definition) is 3. The predicted molar refractivity (Wildman–Crippen MR) is 81.2 cm³/mol. The summed E-state index contributed by atoms with van der Waals surface area (Å²) in [5.41, 5.74) is 0.427. The zero-order valence-corrected chi connectivity index (χ0v) is 12.7. The number of piperidine rings is 1. The Bertz CT molecular complexity index is 478. The van der Waals surface area contributed by atoms with Crippen LogP contribution >= 0.6 is 0 Å². The van der Waals surface area contributed by atoms with E-state index in [1.54, 1.807) is 6.07 Å². The smallest absolute Gasteiger partial charge is 0.239 e. The minimum Gasteiger partial charge on any atom is -0.507 e. The van der Waals surface area contributed by atoms with E-state index in [-0.39, 0.29) is 29.5 Å². The molecule has 1 heterocycles. The van der Waals surface area contributed by atoms with Crippen molar-refractivity contribution in [3.05, 3.63) is 23.8 Å². The maximum atomic E-state index is 12.4. The lowest BCUT2D eigenvalue weighted by Crippen LogP contribution is -2.47. The first kappa shape index (κ1) is 15.6. The molecule has 2 unspecified atom stereocenters. The van der Waals surface area contributed by atoms with Crippen molar-refractivity contribution in [3.8, 4) is 11.5 Å². The van der Waals surface area contributed by atoms with Crippen molar-refractivity contribution in [2.75, 3.05) is 13.1 Å². The molecule has 3 N–H and O–H groups in total. The van der Waals surface area contributed by atoms with Gasteiger partial charge in [-0.25, -0.2) is 0 Å². The maximum Gasteiger partial charge on any atom is 0.239 e. The summed E-state index contributed by atoms with van der Waals surface area (Å²) in [6, 6.07) is 3.99. The highest BCUT2D eigenvalue weighted by Gasteiger charge is 2.25. The lowest BCUT2D eigenvalue weighted by molar-refractivity contribution is -0.134. The maximum absolute atomic E-state index is 12.4. The Morgan fingerprint density at radius 2 is 1.71 bits per heavy atom. The van der Waals surface area contributed by atoms with Gasteiger partial charge in [0, 0.05) is 19.1 Å². The van der Waals surface area contributed by atoms with Crippen LogP contribution in [0.25, 0.3) is 0 Å². The highest BCUT2D eigenvalue weighted by atomic mass is 16.3. The van der Waals surface area contributed by atoms with E-state index in [4.69, 9.17) is 0 Å². The second kappa shape index (κ2) is 6.80. The van der Waals surface area contributed by atoms with E-state index in [0.29, 0.717) is 5.56 Å². The summed E-state index contributed by atoms with van der Waals surface area (Å²) in [5, 5.41) is 22.9. The Balaban J connectivity index is 2.01. The molecule has 1 saturated heterocycles. The molecule has 0 aliphatic carbocycles. The van der Waals surface area contributed by atoms with Gasteiger partial charge in [0.1, 0.15) is 11.5 Å². The summed E-state index contributed by atoms with van der Waals surface area (Å²) < 4.78 is 0. The number of carbonyl (C=O) groups is 1. The molecule has 5 heteroatoms. The first-order chi connectivity index (χ1) is 10.0. The number of hydrogen-bond acceptors (Lipinski definition) is 4. The van der Waals surface area contributed by atoms with Crippen LogP contribution in [0.15, 0.2) is 18.2 Å². The molecular weight excluding hydrogens is 268 g/mol. The lowest BCUT2D eigenvalue weighted by atomic mass is 10.0. The number of phenols is 2. The Labute approximate surface area is 125 Å². The fourth-order valence-electron chi connectivity index (χ4n) is 2.90. The molecular formula is C16H24N2O3. The number of likely N-dealkylation sites (tertiary alicyclic amines) is 1. The topological polar surface area (TPSA) is 72.8 Å². The van der Waals surface area contributed by atoms with Crippen molar-refractivity contribution in [1.82, 2.24) is 10.2 Å². The van der Waals surface area contributed by atoms with E-state index in [2.05, 4.69) is 5.32 Å². The van der Waals surface area contributed by atoms with Gasteiger partial charge in [0.15, 0.2) is 0 Å². The van der Waals surface area contributed by atoms with Gasteiger partial charge in [-0.1, -0.05) is 6.07 Å². The van der Waals surface area contributed by atoms with Crippen molar-refractivity contribution >= 4 is 5.91 Å². The number of aromatic hydroxyl groups is 2. The number of rotatable bonds is 4. The average molecular weight is 292 g/mol. The summed E-state index contributed by atoms with van der Waals surface area (Å²) >= 11 is 0. The molecule has 0 radical (unpaired) electrons. The minimum atomic E-state index is -0.350. The van der Waals surface area contributed by atoms with Gasteiger partial charge in [-0.2, -0.15) is 0 Å². The lowest BCUT2D eigenvalue weighted by Gasteiger charge is -2.30. The van der Waals surface area contributed by atoms with E-state index < -0.39 is 0 Å². The normalized spacial score (nSPS) is 18.3. The van der Waals surface area contributed by atoms with Crippen LogP contribution < -0.4 is 5.32 Å². The third-order valence-electron chi connectivity index (χ3n) is 4.03. The first-order valence-electron chi connectivity index (χ1n) is 7.56. The van der Waals surface area contributed by atoms with Gasteiger partial charge < -0.3 is 15.1 Å². The van der Waals surface area contributed by atoms with Crippen LogP contribution in [-0.4, -0.2) is 40.2 Å². The van der Waals surface area contributed by atoms with Crippen molar-refractivity contribution in [1.29, 1.82) is 0 Å². The summed E-state index contributed by atoms with van der Waals surface area (Å²) in [6.07, 6.45) is 3.32. The van der Waals surface area contributed by atoms with Crippen molar-refractivity contribution < 1.29 is 15.0 Å². The molecule has 0 spiro atoms. The largest absolute Gasteiger partial charge is 0.507 e. The van der Waals surface area contributed by atoms with Crippen LogP contribution in [0.5, 0.6) is 11.5 Å². The molecule has 1 aromatic carbocycles. The van der Waals surface area contributed by atoms with Gasteiger partial charge in [0.2, 0.25) is 5.91 Å². The molecule has 5 nitrogen and oxygen atoms in total. The summed E-state index contributed by atoms with van der Waals surface area (Å²) in [4.78, 5) is 14.3. The SMILES string of the molecule is CC(NC(C)c1c(O)cccc1O)C(=O)N1CCCCC1. The molecule has 1 fully saturated rings. The van der Waals surface area contributed by atoms with Crippen LogP contribution in [-0.2, 0) is 4.79 Å². The van der Waals surface area contributed by atoms with E-state index in [9.17, 15) is 15.0 Å². The third kappa shape index (κ3) is 3.67. The third-order valence-corrected chi connectivity index (χ3v) is 4.03. The molecule has 2 atom stereocenters. The molecule has 1 aliphatic heterocycles. The minimum absolute atomic E-state index is 0.0348. The molecule has 1 amide bonds. The van der Waals surface area contributed by atoms with Crippen LogP contribution in [0.3, 0.4) is 0 Å². The average Bonchev–Trinajstić information content (AvgIpc) is 2.47. The fraction of sp³-hybridized carbons (Fsp3) is 0.562. The van der Waals surface area contributed by atoms with E-state index >= 15 is 0 Å². The van der Waals surface area contributed by atoms with Crippen molar-refractivity contribution in [2.45, 2.75) is 45.2 Å². The van der Waals surface area contributed by atoms with Gasteiger partial charge in [-0.3, -0.25) is 10.1 Å². The van der Waals surface area contributed by atoms with Gasteiger partial charge in [-0.15, -0.1) is 0 Å². The Hall–Kier alpha value is -1.75.